The minimum atomic E-state index is -0.0342. The molecule has 21 heavy (non-hydrogen) atoms. The molecular formula is C18H26N2O. The Morgan fingerprint density at radius 2 is 1.86 bits per heavy atom. The normalized spacial score (nSPS) is 27.7. The quantitative estimate of drug-likeness (QED) is 0.922. The lowest BCUT2D eigenvalue weighted by Gasteiger charge is -2.43. The van der Waals surface area contributed by atoms with Crippen molar-refractivity contribution in [2.24, 2.45) is 11.8 Å². The van der Waals surface area contributed by atoms with E-state index in [-0.39, 0.29) is 11.9 Å². The predicted molar refractivity (Wildman–Crippen MR) is 86.2 cm³/mol. The zero-order valence-corrected chi connectivity index (χ0v) is 12.9. The van der Waals surface area contributed by atoms with E-state index in [0.717, 1.165) is 30.6 Å². The van der Waals surface area contributed by atoms with Crippen LogP contribution in [0.5, 0.6) is 0 Å². The van der Waals surface area contributed by atoms with Crippen molar-refractivity contribution in [1.82, 2.24) is 4.90 Å². The second-order valence-corrected chi connectivity index (χ2v) is 6.62. The van der Waals surface area contributed by atoms with Gasteiger partial charge in [-0.1, -0.05) is 37.5 Å². The molecular weight excluding hydrogens is 260 g/mol. The van der Waals surface area contributed by atoms with Crippen LogP contribution in [0.25, 0.3) is 0 Å². The largest absolute Gasteiger partial charge is 0.325 e. The van der Waals surface area contributed by atoms with E-state index in [1.165, 1.54) is 32.1 Å². The molecule has 1 aromatic carbocycles. The number of carbonyl (C=O) groups is 1. The fourth-order valence-corrected chi connectivity index (χ4v) is 3.91. The zero-order valence-electron chi connectivity index (χ0n) is 12.9. The summed E-state index contributed by atoms with van der Waals surface area (Å²) in [4.78, 5) is 14.8. The van der Waals surface area contributed by atoms with E-state index in [0.29, 0.717) is 0 Å². The van der Waals surface area contributed by atoms with Gasteiger partial charge in [0.05, 0.1) is 6.04 Å². The number of benzene rings is 1. The topological polar surface area (TPSA) is 32.3 Å². The summed E-state index contributed by atoms with van der Waals surface area (Å²) in [7, 11) is 0. The standard InChI is InChI=1S/C18H26N2O/c1-14(18(21)19-17-9-3-2-4-10-17)20-12-11-15-7-5-6-8-16(15)13-20/h2-4,9-10,14-16H,5-8,11-13H2,1H3,(H,19,21). The van der Waals surface area contributed by atoms with Gasteiger partial charge < -0.3 is 5.32 Å². The molecule has 0 spiro atoms. The number of nitrogens with one attached hydrogen (secondary N) is 1. The smallest absolute Gasteiger partial charge is 0.241 e. The van der Waals surface area contributed by atoms with Crippen LogP contribution in [0.1, 0.15) is 39.0 Å². The third kappa shape index (κ3) is 3.46. The van der Waals surface area contributed by atoms with Crippen LogP contribution in [0.15, 0.2) is 30.3 Å². The molecule has 0 bridgehead atoms. The van der Waals surface area contributed by atoms with Gasteiger partial charge >= 0.3 is 0 Å². The summed E-state index contributed by atoms with van der Waals surface area (Å²) in [5.74, 6) is 1.86. The number of fused-ring (bicyclic) bond motifs is 1. The van der Waals surface area contributed by atoms with E-state index in [1.54, 1.807) is 0 Å². The average molecular weight is 286 g/mol. The Morgan fingerprint density at radius 3 is 2.62 bits per heavy atom. The number of para-hydroxylation sites is 1. The second-order valence-electron chi connectivity index (χ2n) is 6.62. The lowest BCUT2D eigenvalue weighted by molar-refractivity contribution is -0.122. The Balaban J connectivity index is 1.57. The Bertz CT molecular complexity index is 473. The van der Waals surface area contributed by atoms with Crippen LogP contribution in [0.2, 0.25) is 0 Å². The summed E-state index contributed by atoms with van der Waals surface area (Å²) in [6.45, 7) is 4.22. The molecule has 1 heterocycles. The van der Waals surface area contributed by atoms with Gasteiger partial charge in [0.25, 0.3) is 0 Å². The van der Waals surface area contributed by atoms with Crippen molar-refractivity contribution < 1.29 is 4.79 Å². The molecule has 1 aliphatic carbocycles. The molecule has 3 unspecified atom stereocenters. The summed E-state index contributed by atoms with van der Waals surface area (Å²) in [5.41, 5.74) is 0.891. The summed E-state index contributed by atoms with van der Waals surface area (Å²) < 4.78 is 0. The molecule has 3 atom stereocenters. The van der Waals surface area contributed by atoms with Gasteiger partial charge in [0, 0.05) is 12.2 Å². The molecule has 3 nitrogen and oxygen atoms in total. The summed E-state index contributed by atoms with van der Waals surface area (Å²) in [6.07, 6.45) is 6.82. The van der Waals surface area contributed by atoms with E-state index in [1.807, 2.05) is 37.3 Å². The van der Waals surface area contributed by atoms with E-state index in [9.17, 15) is 4.79 Å². The van der Waals surface area contributed by atoms with Crippen molar-refractivity contribution in [3.05, 3.63) is 30.3 Å². The van der Waals surface area contributed by atoms with E-state index in [2.05, 4.69) is 10.2 Å². The van der Waals surface area contributed by atoms with Crippen LogP contribution in [-0.4, -0.2) is 29.9 Å². The highest BCUT2D eigenvalue weighted by atomic mass is 16.2. The number of hydrogen-bond donors (Lipinski definition) is 1. The first-order valence-corrected chi connectivity index (χ1v) is 8.34. The van der Waals surface area contributed by atoms with Gasteiger partial charge in [-0.05, 0) is 50.3 Å². The molecule has 1 saturated heterocycles. The Kier molecular flexibility index (Phi) is 4.59. The van der Waals surface area contributed by atoms with E-state index < -0.39 is 0 Å². The number of amides is 1. The summed E-state index contributed by atoms with van der Waals surface area (Å²) in [6, 6.07) is 9.72. The molecule has 114 valence electrons. The SMILES string of the molecule is CC(C(=O)Nc1ccccc1)N1CCC2CCCCC2C1. The minimum Gasteiger partial charge on any atom is -0.325 e. The van der Waals surface area contributed by atoms with Crippen LogP contribution in [-0.2, 0) is 4.79 Å². The van der Waals surface area contributed by atoms with Gasteiger partial charge in [-0.3, -0.25) is 9.69 Å². The van der Waals surface area contributed by atoms with E-state index in [4.69, 9.17) is 0 Å². The van der Waals surface area contributed by atoms with Crippen molar-refractivity contribution in [3.63, 3.8) is 0 Å². The third-order valence-electron chi connectivity index (χ3n) is 5.29. The fraction of sp³-hybridized carbons (Fsp3) is 0.611. The third-order valence-corrected chi connectivity index (χ3v) is 5.29. The van der Waals surface area contributed by atoms with Crippen molar-refractivity contribution in [2.45, 2.75) is 45.1 Å². The van der Waals surface area contributed by atoms with Crippen LogP contribution in [0.3, 0.4) is 0 Å². The monoisotopic (exact) mass is 286 g/mol. The zero-order chi connectivity index (χ0) is 14.7. The summed E-state index contributed by atoms with van der Waals surface area (Å²) >= 11 is 0. The first-order valence-electron chi connectivity index (χ1n) is 8.34. The Hall–Kier alpha value is -1.35. The molecule has 1 aromatic rings. The minimum absolute atomic E-state index is 0.0342. The Morgan fingerprint density at radius 1 is 1.14 bits per heavy atom. The number of likely N-dealkylation sites (tertiary alicyclic amines) is 1. The van der Waals surface area contributed by atoms with Crippen molar-refractivity contribution in [2.75, 3.05) is 18.4 Å². The average Bonchev–Trinajstić information content (AvgIpc) is 2.54. The van der Waals surface area contributed by atoms with Gasteiger partial charge in [-0.2, -0.15) is 0 Å². The Labute approximate surface area is 127 Å². The van der Waals surface area contributed by atoms with Gasteiger partial charge in [0.15, 0.2) is 0 Å². The van der Waals surface area contributed by atoms with Crippen molar-refractivity contribution in [1.29, 1.82) is 0 Å². The van der Waals surface area contributed by atoms with Gasteiger partial charge in [-0.15, -0.1) is 0 Å². The first kappa shape index (κ1) is 14.6. The van der Waals surface area contributed by atoms with Crippen LogP contribution in [0, 0.1) is 11.8 Å². The molecule has 0 radical (unpaired) electrons. The van der Waals surface area contributed by atoms with E-state index >= 15 is 0 Å². The second kappa shape index (κ2) is 6.61. The maximum Gasteiger partial charge on any atom is 0.241 e. The fourth-order valence-electron chi connectivity index (χ4n) is 3.91. The molecule has 1 N–H and O–H groups in total. The molecule has 0 aromatic heterocycles. The van der Waals surface area contributed by atoms with Crippen molar-refractivity contribution >= 4 is 11.6 Å². The number of hydrogen-bond acceptors (Lipinski definition) is 2. The number of nitrogens with zero attached hydrogens (tertiary/aromatic N) is 1. The number of carbonyl (C=O) groups excluding carboxylic acids is 1. The maximum absolute atomic E-state index is 12.4. The maximum atomic E-state index is 12.4. The highest BCUT2D eigenvalue weighted by Crippen LogP contribution is 2.36. The highest BCUT2D eigenvalue weighted by Gasteiger charge is 2.34. The van der Waals surface area contributed by atoms with Crippen molar-refractivity contribution in [3.8, 4) is 0 Å². The molecule has 1 amide bonds. The van der Waals surface area contributed by atoms with Gasteiger partial charge in [-0.25, -0.2) is 0 Å². The van der Waals surface area contributed by atoms with Gasteiger partial charge in [0.1, 0.15) is 0 Å². The lowest BCUT2D eigenvalue weighted by atomic mass is 9.75. The molecule has 2 fully saturated rings. The summed E-state index contributed by atoms with van der Waals surface area (Å²) in [5, 5.41) is 3.03. The number of piperidine rings is 1. The number of anilines is 1. The highest BCUT2D eigenvalue weighted by molar-refractivity contribution is 5.94. The predicted octanol–water partition coefficient (Wildman–Crippen LogP) is 3.53. The van der Waals surface area contributed by atoms with Crippen LogP contribution in [0.4, 0.5) is 5.69 Å². The van der Waals surface area contributed by atoms with Crippen LogP contribution >= 0.6 is 0 Å². The number of rotatable bonds is 3. The lowest BCUT2D eigenvalue weighted by Crippen LogP contribution is -2.49. The molecule has 1 saturated carbocycles. The molecule has 2 aliphatic rings. The first-order chi connectivity index (χ1) is 10.2. The van der Waals surface area contributed by atoms with Gasteiger partial charge in [0.2, 0.25) is 5.91 Å². The molecule has 1 aliphatic heterocycles. The molecule has 3 heteroatoms. The molecule has 3 rings (SSSR count). The van der Waals surface area contributed by atoms with Crippen LogP contribution < -0.4 is 5.32 Å².